The Labute approximate surface area is 176 Å². The summed E-state index contributed by atoms with van der Waals surface area (Å²) in [4.78, 5) is 25.1. The van der Waals surface area contributed by atoms with Gasteiger partial charge in [-0.3, -0.25) is 9.59 Å². The Bertz CT molecular complexity index is 851. The number of ether oxygens (including phenoxy) is 1. The molecule has 0 fully saturated rings. The van der Waals surface area contributed by atoms with E-state index >= 15 is 0 Å². The van der Waals surface area contributed by atoms with Crippen LogP contribution in [0.3, 0.4) is 0 Å². The van der Waals surface area contributed by atoms with Crippen LogP contribution < -0.4 is 15.5 Å². The SMILES string of the molecule is CCOc1ccccc1C=NNC(=O)C(CC(C)C)NC(=O)c1ccc(Cl)cc1. The molecule has 0 aliphatic rings. The van der Waals surface area contributed by atoms with Gasteiger partial charge in [-0.25, -0.2) is 5.43 Å². The Kier molecular flexibility index (Phi) is 8.68. The van der Waals surface area contributed by atoms with E-state index in [0.29, 0.717) is 29.4 Å². The number of benzene rings is 2. The minimum absolute atomic E-state index is 0.207. The smallest absolute Gasteiger partial charge is 0.262 e. The van der Waals surface area contributed by atoms with Crippen LogP contribution in [0.2, 0.25) is 5.02 Å². The highest BCUT2D eigenvalue weighted by molar-refractivity contribution is 6.30. The monoisotopic (exact) mass is 415 g/mol. The normalized spacial score (nSPS) is 12.0. The molecule has 0 radical (unpaired) electrons. The number of carbonyl (C=O) groups is 2. The summed E-state index contributed by atoms with van der Waals surface area (Å²) in [6, 6.07) is 13.2. The van der Waals surface area contributed by atoms with Crippen molar-refractivity contribution in [3.05, 3.63) is 64.7 Å². The highest BCUT2D eigenvalue weighted by Gasteiger charge is 2.22. The molecule has 2 aromatic rings. The van der Waals surface area contributed by atoms with E-state index in [-0.39, 0.29) is 17.7 Å². The van der Waals surface area contributed by atoms with Crippen molar-refractivity contribution in [2.24, 2.45) is 11.0 Å². The average Bonchev–Trinajstić information content (AvgIpc) is 2.69. The lowest BCUT2D eigenvalue weighted by Crippen LogP contribution is -2.46. The summed E-state index contributed by atoms with van der Waals surface area (Å²) in [5.41, 5.74) is 3.70. The van der Waals surface area contributed by atoms with Crippen LogP contribution in [0, 0.1) is 5.92 Å². The predicted molar refractivity (Wildman–Crippen MR) is 116 cm³/mol. The van der Waals surface area contributed by atoms with Gasteiger partial charge >= 0.3 is 0 Å². The van der Waals surface area contributed by atoms with E-state index in [1.165, 1.54) is 6.21 Å². The molecule has 0 aromatic heterocycles. The summed E-state index contributed by atoms with van der Waals surface area (Å²) in [6.07, 6.45) is 2.01. The summed E-state index contributed by atoms with van der Waals surface area (Å²) in [7, 11) is 0. The molecule has 2 amide bonds. The number of amides is 2. The minimum atomic E-state index is -0.711. The lowest BCUT2D eigenvalue weighted by molar-refractivity contribution is -0.123. The highest BCUT2D eigenvalue weighted by atomic mass is 35.5. The number of rotatable bonds is 9. The summed E-state index contributed by atoms with van der Waals surface area (Å²) < 4.78 is 5.53. The minimum Gasteiger partial charge on any atom is -0.493 e. The molecule has 2 N–H and O–H groups in total. The number of carbonyl (C=O) groups excluding carboxylic acids is 2. The molecule has 0 bridgehead atoms. The van der Waals surface area contributed by atoms with E-state index in [0.717, 1.165) is 5.56 Å². The topological polar surface area (TPSA) is 79.8 Å². The first kappa shape index (κ1) is 22.4. The second-order valence-electron chi connectivity index (χ2n) is 6.87. The Morgan fingerprint density at radius 2 is 1.83 bits per heavy atom. The number of nitrogens with zero attached hydrogens (tertiary/aromatic N) is 1. The number of para-hydroxylation sites is 1. The number of hydrogen-bond donors (Lipinski definition) is 2. The van der Waals surface area contributed by atoms with E-state index in [1.807, 2.05) is 45.0 Å². The van der Waals surface area contributed by atoms with E-state index < -0.39 is 6.04 Å². The third-order valence-electron chi connectivity index (χ3n) is 4.03. The maximum absolute atomic E-state index is 12.6. The molecule has 0 spiro atoms. The number of nitrogens with one attached hydrogen (secondary N) is 2. The first-order valence-electron chi connectivity index (χ1n) is 9.51. The standard InChI is InChI=1S/C22H26ClN3O3/c1-4-29-20-8-6-5-7-17(20)14-24-26-22(28)19(13-15(2)3)25-21(27)16-9-11-18(23)12-10-16/h5-12,14-15,19H,4,13H2,1-3H3,(H,25,27)(H,26,28). The first-order chi connectivity index (χ1) is 13.9. The lowest BCUT2D eigenvalue weighted by Gasteiger charge is -2.19. The Morgan fingerprint density at radius 3 is 2.48 bits per heavy atom. The molecular formula is C22H26ClN3O3. The van der Waals surface area contributed by atoms with Gasteiger partial charge in [0.1, 0.15) is 11.8 Å². The highest BCUT2D eigenvalue weighted by Crippen LogP contribution is 2.15. The van der Waals surface area contributed by atoms with Crippen LogP contribution in [0.4, 0.5) is 0 Å². The largest absolute Gasteiger partial charge is 0.493 e. The van der Waals surface area contributed by atoms with Crippen molar-refractivity contribution in [2.45, 2.75) is 33.2 Å². The zero-order valence-electron chi connectivity index (χ0n) is 16.8. The Morgan fingerprint density at radius 1 is 1.14 bits per heavy atom. The fourth-order valence-corrected chi connectivity index (χ4v) is 2.79. The third kappa shape index (κ3) is 7.23. The van der Waals surface area contributed by atoms with Gasteiger partial charge in [0.2, 0.25) is 0 Å². The average molecular weight is 416 g/mol. The van der Waals surface area contributed by atoms with Crippen molar-refractivity contribution >= 4 is 29.6 Å². The van der Waals surface area contributed by atoms with Gasteiger partial charge in [-0.2, -0.15) is 5.10 Å². The maximum Gasteiger partial charge on any atom is 0.262 e. The molecule has 1 atom stereocenters. The molecule has 7 heteroatoms. The second-order valence-corrected chi connectivity index (χ2v) is 7.30. The van der Waals surface area contributed by atoms with Crippen LogP contribution in [0.5, 0.6) is 5.75 Å². The van der Waals surface area contributed by atoms with Gasteiger partial charge in [-0.15, -0.1) is 0 Å². The maximum atomic E-state index is 12.6. The number of hydrogen-bond acceptors (Lipinski definition) is 4. The molecule has 1 unspecified atom stereocenters. The second kappa shape index (κ2) is 11.2. The number of hydrazone groups is 1. The van der Waals surface area contributed by atoms with Gasteiger partial charge in [0.15, 0.2) is 0 Å². The van der Waals surface area contributed by atoms with Crippen molar-refractivity contribution in [3.8, 4) is 5.75 Å². The van der Waals surface area contributed by atoms with Crippen molar-refractivity contribution in [3.63, 3.8) is 0 Å². The van der Waals surface area contributed by atoms with E-state index in [9.17, 15) is 9.59 Å². The quantitative estimate of drug-likeness (QED) is 0.479. The van der Waals surface area contributed by atoms with Crippen molar-refractivity contribution in [1.29, 1.82) is 0 Å². The fourth-order valence-electron chi connectivity index (χ4n) is 2.66. The van der Waals surface area contributed by atoms with Crippen LogP contribution in [-0.4, -0.2) is 30.7 Å². The predicted octanol–water partition coefficient (Wildman–Crippen LogP) is 4.03. The van der Waals surface area contributed by atoms with Crippen molar-refractivity contribution < 1.29 is 14.3 Å². The van der Waals surface area contributed by atoms with E-state index in [2.05, 4.69) is 15.8 Å². The van der Waals surface area contributed by atoms with Gasteiger partial charge in [0, 0.05) is 16.1 Å². The van der Waals surface area contributed by atoms with Crippen molar-refractivity contribution in [2.75, 3.05) is 6.61 Å². The summed E-state index contributed by atoms with van der Waals surface area (Å²) >= 11 is 5.86. The molecule has 0 saturated heterocycles. The summed E-state index contributed by atoms with van der Waals surface area (Å²) in [6.45, 7) is 6.40. The van der Waals surface area contributed by atoms with Crippen LogP contribution in [0.1, 0.15) is 43.1 Å². The zero-order valence-corrected chi connectivity index (χ0v) is 17.6. The molecule has 29 heavy (non-hydrogen) atoms. The van der Waals surface area contributed by atoms with Crippen LogP contribution >= 0.6 is 11.6 Å². The van der Waals surface area contributed by atoms with Gasteiger partial charge in [0.05, 0.1) is 12.8 Å². The lowest BCUT2D eigenvalue weighted by atomic mass is 10.0. The van der Waals surface area contributed by atoms with Crippen LogP contribution in [-0.2, 0) is 4.79 Å². The van der Waals surface area contributed by atoms with Gasteiger partial charge in [-0.1, -0.05) is 37.6 Å². The van der Waals surface area contributed by atoms with E-state index in [4.69, 9.17) is 16.3 Å². The van der Waals surface area contributed by atoms with Crippen LogP contribution in [0.25, 0.3) is 0 Å². The molecule has 2 rings (SSSR count). The summed E-state index contributed by atoms with van der Waals surface area (Å²) in [5.74, 6) is 0.168. The molecule has 0 heterocycles. The van der Waals surface area contributed by atoms with Gasteiger partial charge in [-0.05, 0) is 55.7 Å². The molecule has 6 nitrogen and oxygen atoms in total. The Hall–Kier alpha value is -2.86. The Balaban J connectivity index is 2.05. The molecule has 0 saturated carbocycles. The van der Waals surface area contributed by atoms with E-state index in [1.54, 1.807) is 24.3 Å². The van der Waals surface area contributed by atoms with Gasteiger partial charge in [0.25, 0.3) is 11.8 Å². The molecule has 154 valence electrons. The molecule has 0 aliphatic carbocycles. The number of halogens is 1. The van der Waals surface area contributed by atoms with Crippen LogP contribution in [0.15, 0.2) is 53.6 Å². The zero-order chi connectivity index (χ0) is 21.2. The molecule has 0 aliphatic heterocycles. The first-order valence-corrected chi connectivity index (χ1v) is 9.89. The van der Waals surface area contributed by atoms with Gasteiger partial charge < -0.3 is 10.1 Å². The van der Waals surface area contributed by atoms with Crippen molar-refractivity contribution in [1.82, 2.24) is 10.7 Å². The fraction of sp³-hybridized carbons (Fsp3) is 0.318. The third-order valence-corrected chi connectivity index (χ3v) is 4.28. The molecule has 2 aromatic carbocycles. The molecular weight excluding hydrogens is 390 g/mol. The summed E-state index contributed by atoms with van der Waals surface area (Å²) in [5, 5.41) is 7.34.